The number of alkyl halides is 1. The molecule has 4 rings (SSSR count). The molecule has 0 aliphatic heterocycles. The number of halogens is 1. The van der Waals surface area contributed by atoms with E-state index in [2.05, 4.69) is 23.1 Å². The lowest BCUT2D eigenvalue weighted by atomic mass is 9.46. The van der Waals surface area contributed by atoms with Gasteiger partial charge in [0.2, 0.25) is 0 Å². The van der Waals surface area contributed by atoms with Gasteiger partial charge in [0.1, 0.15) is 6.17 Å². The highest BCUT2D eigenvalue weighted by atomic mass is 32.2. The van der Waals surface area contributed by atoms with Crippen LogP contribution in [0.2, 0.25) is 0 Å². The van der Waals surface area contributed by atoms with Gasteiger partial charge >= 0.3 is 0 Å². The summed E-state index contributed by atoms with van der Waals surface area (Å²) in [6, 6.07) is 2.03. The summed E-state index contributed by atoms with van der Waals surface area (Å²) in [7, 11) is 2.88. The summed E-state index contributed by atoms with van der Waals surface area (Å²) in [6.07, 6.45) is 4.20. The third-order valence-electron chi connectivity index (χ3n) is 8.75. The molecule has 4 aliphatic carbocycles. The van der Waals surface area contributed by atoms with Crippen LogP contribution >= 0.6 is 21.0 Å². The predicted molar refractivity (Wildman–Crippen MR) is 118 cm³/mol. The zero-order chi connectivity index (χ0) is 22.1. The van der Waals surface area contributed by atoms with Crippen molar-refractivity contribution in [3.63, 3.8) is 0 Å². The fourth-order valence-electron chi connectivity index (χ4n) is 7.40. The Balaban J connectivity index is 1.78. The van der Waals surface area contributed by atoms with Gasteiger partial charge in [-0.25, -0.2) is 4.39 Å². The number of ketones is 1. The fourth-order valence-corrected chi connectivity index (χ4v) is 9.03. The second-order valence-corrected chi connectivity index (χ2v) is 12.0. The lowest BCUT2D eigenvalue weighted by molar-refractivity contribution is -0.129. The van der Waals surface area contributed by atoms with Crippen molar-refractivity contribution in [2.75, 3.05) is 5.75 Å². The number of carbonyl (C=O) groups excluding carboxylic acids is 2. The number of nitriles is 1. The van der Waals surface area contributed by atoms with Crippen LogP contribution in [-0.4, -0.2) is 39.2 Å². The molecule has 4 aliphatic rings. The molecule has 0 aromatic heterocycles. The van der Waals surface area contributed by atoms with Crippen LogP contribution in [0.15, 0.2) is 23.8 Å². The molecule has 0 bridgehead atoms. The van der Waals surface area contributed by atoms with Crippen molar-refractivity contribution in [1.82, 2.24) is 0 Å². The van der Waals surface area contributed by atoms with Gasteiger partial charge in [-0.3, -0.25) is 9.59 Å². The summed E-state index contributed by atoms with van der Waals surface area (Å²) >= 11 is 1.06. The van der Waals surface area contributed by atoms with Crippen molar-refractivity contribution in [2.24, 2.45) is 34.5 Å². The Hall–Kier alpha value is -1.02. The second kappa shape index (κ2) is 7.26. The standard InChI is InChI=1S/C23H29FNO3PS/c1-12-8-14-15-10-17(24)16-9-13(26)4-5-22(16,3)23(15,29)18(27)11-21(14,2)19(12)20(28)30-7-6-25/h4-5,9,12,14-15,17-19,27H,7-8,10-11,29H2,1-3H3/t12-,14?,15?,17+,18?,19?,21?,22?,23+/m1/s1. The highest BCUT2D eigenvalue weighted by molar-refractivity contribution is 8.13. The third-order valence-corrected chi connectivity index (χ3v) is 11.0. The maximum atomic E-state index is 15.5. The number of fused-ring (bicyclic) bond motifs is 5. The topological polar surface area (TPSA) is 78.2 Å². The molecular weight excluding hydrogens is 420 g/mol. The Morgan fingerprint density at radius 2 is 2.10 bits per heavy atom. The highest BCUT2D eigenvalue weighted by Crippen LogP contribution is 2.71. The molecule has 30 heavy (non-hydrogen) atoms. The minimum absolute atomic E-state index is 0.0140. The fraction of sp³-hybridized carbons (Fsp3) is 0.696. The molecule has 0 radical (unpaired) electrons. The molecule has 0 aromatic rings. The summed E-state index contributed by atoms with van der Waals surface area (Å²) in [6.45, 7) is 6.08. The number of hydrogen-bond donors (Lipinski definition) is 1. The van der Waals surface area contributed by atoms with E-state index in [-0.39, 0.29) is 46.7 Å². The molecule has 0 aromatic carbocycles. The van der Waals surface area contributed by atoms with E-state index in [4.69, 9.17) is 5.26 Å². The van der Waals surface area contributed by atoms with Crippen molar-refractivity contribution in [2.45, 2.75) is 57.5 Å². The van der Waals surface area contributed by atoms with Crippen LogP contribution in [0.3, 0.4) is 0 Å². The maximum Gasteiger partial charge on any atom is 0.193 e. The van der Waals surface area contributed by atoms with Gasteiger partial charge in [0.15, 0.2) is 10.9 Å². The van der Waals surface area contributed by atoms with Crippen LogP contribution < -0.4 is 0 Å². The second-order valence-electron chi connectivity index (χ2n) is 10.1. The molecule has 0 spiro atoms. The number of aliphatic hydroxyl groups excluding tert-OH is 1. The van der Waals surface area contributed by atoms with E-state index in [9.17, 15) is 14.7 Å². The third kappa shape index (κ3) is 2.78. The van der Waals surface area contributed by atoms with Crippen LogP contribution in [0.5, 0.6) is 0 Å². The summed E-state index contributed by atoms with van der Waals surface area (Å²) < 4.78 is 15.5. The predicted octanol–water partition coefficient (Wildman–Crippen LogP) is 3.86. The van der Waals surface area contributed by atoms with Crippen LogP contribution in [0.4, 0.5) is 4.39 Å². The van der Waals surface area contributed by atoms with Gasteiger partial charge in [0, 0.05) is 16.5 Å². The number of hydrogen-bond acceptors (Lipinski definition) is 5. The SMILES string of the molecule is C[C@@H]1CC2C3C[C@H](F)C4=CC(=O)C=CC4(C)[C@@]3(P)C(O)CC2(C)C1C(=O)SCC#N. The Morgan fingerprint density at radius 3 is 2.77 bits per heavy atom. The molecule has 4 nitrogen and oxygen atoms in total. The first kappa shape index (κ1) is 22.2. The van der Waals surface area contributed by atoms with Crippen molar-refractivity contribution < 1.29 is 19.1 Å². The van der Waals surface area contributed by atoms with Gasteiger partial charge < -0.3 is 5.11 Å². The lowest BCUT2D eigenvalue weighted by Gasteiger charge is -2.65. The van der Waals surface area contributed by atoms with E-state index >= 15 is 4.39 Å². The largest absolute Gasteiger partial charge is 0.392 e. The van der Waals surface area contributed by atoms with Crippen molar-refractivity contribution in [3.8, 4) is 6.07 Å². The van der Waals surface area contributed by atoms with Crippen LogP contribution in [0.1, 0.15) is 40.0 Å². The Labute approximate surface area is 183 Å². The first-order valence-corrected chi connectivity index (χ1v) is 12.2. The van der Waals surface area contributed by atoms with E-state index < -0.39 is 28.3 Å². The normalized spacial score (nSPS) is 49.5. The minimum Gasteiger partial charge on any atom is -0.392 e. The smallest absolute Gasteiger partial charge is 0.193 e. The van der Waals surface area contributed by atoms with Crippen LogP contribution in [0.25, 0.3) is 0 Å². The van der Waals surface area contributed by atoms with E-state index in [1.807, 2.05) is 13.0 Å². The molecule has 7 heteroatoms. The summed E-state index contributed by atoms with van der Waals surface area (Å²) in [5.41, 5.74) is -0.739. The molecule has 7 unspecified atom stereocenters. The van der Waals surface area contributed by atoms with Gasteiger partial charge in [-0.05, 0) is 60.2 Å². The van der Waals surface area contributed by atoms with Crippen molar-refractivity contribution >= 4 is 31.9 Å². The first-order valence-electron chi connectivity index (χ1n) is 10.6. The minimum atomic E-state index is -1.24. The van der Waals surface area contributed by atoms with Crippen LogP contribution in [0, 0.1) is 45.8 Å². The van der Waals surface area contributed by atoms with E-state index in [0.29, 0.717) is 12.0 Å². The number of allylic oxidation sites excluding steroid dienone is 4. The molecule has 10 atom stereocenters. The van der Waals surface area contributed by atoms with Gasteiger partial charge in [0.25, 0.3) is 0 Å². The maximum absolute atomic E-state index is 15.5. The van der Waals surface area contributed by atoms with Crippen molar-refractivity contribution in [1.29, 1.82) is 5.26 Å². The average molecular weight is 450 g/mol. The van der Waals surface area contributed by atoms with E-state index in [1.54, 1.807) is 6.08 Å². The number of thioether (sulfide) groups is 1. The molecule has 162 valence electrons. The lowest BCUT2D eigenvalue weighted by Crippen LogP contribution is -2.67. The molecule has 3 saturated carbocycles. The van der Waals surface area contributed by atoms with Crippen LogP contribution in [-0.2, 0) is 9.59 Å². The molecule has 3 fully saturated rings. The number of carbonyl (C=O) groups is 2. The van der Waals surface area contributed by atoms with Crippen molar-refractivity contribution in [3.05, 3.63) is 23.8 Å². The molecule has 0 saturated heterocycles. The Morgan fingerprint density at radius 1 is 1.40 bits per heavy atom. The molecular formula is C23H29FNO3PS. The quantitative estimate of drug-likeness (QED) is 0.648. The first-order chi connectivity index (χ1) is 14.0. The summed E-state index contributed by atoms with van der Waals surface area (Å²) in [4.78, 5) is 25.0. The molecule has 0 heterocycles. The number of nitrogens with zero attached hydrogens (tertiary/aromatic N) is 1. The average Bonchev–Trinajstić information content (AvgIpc) is 2.94. The zero-order valence-corrected chi connectivity index (χ0v) is 19.6. The Bertz CT molecular complexity index is 899. The van der Waals surface area contributed by atoms with Gasteiger partial charge in [-0.15, -0.1) is 9.24 Å². The Kier molecular flexibility index (Phi) is 5.37. The zero-order valence-electron chi connectivity index (χ0n) is 17.6. The number of rotatable bonds is 2. The van der Waals surface area contributed by atoms with Gasteiger partial charge in [0.05, 0.1) is 17.9 Å². The highest BCUT2D eigenvalue weighted by Gasteiger charge is 2.70. The van der Waals surface area contributed by atoms with E-state index in [1.165, 1.54) is 12.2 Å². The number of aliphatic hydroxyl groups is 1. The summed E-state index contributed by atoms with van der Waals surface area (Å²) in [5.74, 6) is -0.261. The monoisotopic (exact) mass is 449 g/mol. The molecule has 0 amide bonds. The van der Waals surface area contributed by atoms with Gasteiger partial charge in [-0.2, -0.15) is 5.26 Å². The summed E-state index contributed by atoms with van der Waals surface area (Å²) in [5, 5.41) is 19.7. The van der Waals surface area contributed by atoms with Gasteiger partial charge in [-0.1, -0.05) is 38.6 Å². The van der Waals surface area contributed by atoms with E-state index in [0.717, 1.165) is 18.2 Å². The molecule has 1 N–H and O–H groups in total.